The maximum absolute atomic E-state index is 12.6. The minimum absolute atomic E-state index is 0.129. The van der Waals surface area contributed by atoms with E-state index in [4.69, 9.17) is 0 Å². The molecule has 2 heterocycles. The first-order chi connectivity index (χ1) is 12.6. The predicted octanol–water partition coefficient (Wildman–Crippen LogP) is 1.13. The van der Waals surface area contributed by atoms with Gasteiger partial charge in [0, 0.05) is 69.5 Å². The quantitative estimate of drug-likeness (QED) is 0.815. The van der Waals surface area contributed by atoms with Crippen LogP contribution in [0.2, 0.25) is 0 Å². The molecule has 4 rings (SSSR count). The van der Waals surface area contributed by atoms with Gasteiger partial charge >= 0.3 is 0 Å². The molecule has 140 valence electrons. The van der Waals surface area contributed by atoms with Gasteiger partial charge in [-0.05, 0) is 44.2 Å². The topological polar surface area (TPSA) is 47.1 Å². The van der Waals surface area contributed by atoms with E-state index in [1.165, 1.54) is 0 Å². The number of anilines is 1. The molecule has 1 saturated carbocycles. The molecule has 1 aromatic carbocycles. The molecule has 26 heavy (non-hydrogen) atoms. The lowest BCUT2D eigenvalue weighted by molar-refractivity contribution is -0.132. The van der Waals surface area contributed by atoms with Crippen LogP contribution < -0.4 is 4.90 Å². The number of piperazine rings is 2. The fraction of sp³-hybridized carbons (Fsp3) is 0.600. The minimum atomic E-state index is 0.129. The van der Waals surface area contributed by atoms with Crippen molar-refractivity contribution in [1.82, 2.24) is 14.7 Å². The normalized spacial score (nSPS) is 21.8. The summed E-state index contributed by atoms with van der Waals surface area (Å²) in [5, 5.41) is 0. The van der Waals surface area contributed by atoms with Gasteiger partial charge in [-0.25, -0.2) is 0 Å². The van der Waals surface area contributed by atoms with Gasteiger partial charge in [-0.1, -0.05) is 0 Å². The van der Waals surface area contributed by atoms with E-state index in [0.29, 0.717) is 11.8 Å². The van der Waals surface area contributed by atoms with Gasteiger partial charge in [-0.15, -0.1) is 0 Å². The van der Waals surface area contributed by atoms with Gasteiger partial charge in [0.1, 0.15) is 0 Å². The van der Waals surface area contributed by atoms with Crippen LogP contribution in [0.3, 0.4) is 0 Å². The summed E-state index contributed by atoms with van der Waals surface area (Å²) in [4.78, 5) is 33.3. The molecule has 0 spiro atoms. The molecule has 6 heteroatoms. The zero-order valence-electron chi connectivity index (χ0n) is 15.6. The van der Waals surface area contributed by atoms with Crippen molar-refractivity contribution in [2.45, 2.75) is 12.8 Å². The van der Waals surface area contributed by atoms with Crippen molar-refractivity contribution in [2.75, 3.05) is 64.3 Å². The van der Waals surface area contributed by atoms with Gasteiger partial charge in [0.05, 0.1) is 0 Å². The summed E-state index contributed by atoms with van der Waals surface area (Å²) in [5.74, 6) is 0.781. The maximum atomic E-state index is 12.6. The van der Waals surface area contributed by atoms with Gasteiger partial charge in [-0.3, -0.25) is 9.59 Å². The van der Waals surface area contributed by atoms with Gasteiger partial charge in [0.25, 0.3) is 5.91 Å². The highest BCUT2D eigenvalue weighted by atomic mass is 16.2. The van der Waals surface area contributed by atoms with E-state index in [1.54, 1.807) is 0 Å². The van der Waals surface area contributed by atoms with Crippen molar-refractivity contribution in [3.8, 4) is 0 Å². The molecule has 0 radical (unpaired) electrons. The lowest BCUT2D eigenvalue weighted by Crippen LogP contribution is -2.49. The molecular formula is C20H28N4O2. The van der Waals surface area contributed by atoms with Crippen LogP contribution in [0, 0.1) is 5.92 Å². The summed E-state index contributed by atoms with van der Waals surface area (Å²) < 4.78 is 0. The summed E-state index contributed by atoms with van der Waals surface area (Å²) >= 11 is 0. The standard InChI is InChI=1S/C20H28N4O2/c1-21-8-10-23(11-9-21)20(26)17-4-6-18(7-5-17)22-12-14-24(15-13-22)19(25)16-2-3-16/h4-7,16H,2-3,8-15H2,1H3. The molecule has 3 aliphatic rings. The second-order valence-electron chi connectivity index (χ2n) is 7.73. The van der Waals surface area contributed by atoms with Gasteiger partial charge in [0.15, 0.2) is 0 Å². The molecule has 0 N–H and O–H groups in total. The van der Waals surface area contributed by atoms with E-state index in [1.807, 2.05) is 34.1 Å². The van der Waals surface area contributed by atoms with Gasteiger partial charge in [0.2, 0.25) is 5.91 Å². The largest absolute Gasteiger partial charge is 0.368 e. The molecule has 0 atom stereocenters. The van der Waals surface area contributed by atoms with E-state index in [2.05, 4.69) is 16.8 Å². The number of carbonyl (C=O) groups is 2. The Labute approximate surface area is 155 Å². The summed E-state index contributed by atoms with van der Waals surface area (Å²) in [7, 11) is 2.09. The van der Waals surface area contributed by atoms with E-state index in [9.17, 15) is 9.59 Å². The van der Waals surface area contributed by atoms with Crippen molar-refractivity contribution in [1.29, 1.82) is 0 Å². The minimum Gasteiger partial charge on any atom is -0.368 e. The van der Waals surface area contributed by atoms with Crippen LogP contribution in [0.15, 0.2) is 24.3 Å². The molecular weight excluding hydrogens is 328 g/mol. The van der Waals surface area contributed by atoms with Crippen molar-refractivity contribution in [3.05, 3.63) is 29.8 Å². The third-order valence-corrected chi connectivity index (χ3v) is 5.79. The smallest absolute Gasteiger partial charge is 0.253 e. The molecule has 2 amide bonds. The number of benzene rings is 1. The predicted molar refractivity (Wildman–Crippen MR) is 101 cm³/mol. The number of nitrogens with zero attached hydrogens (tertiary/aromatic N) is 4. The van der Waals surface area contributed by atoms with Crippen molar-refractivity contribution >= 4 is 17.5 Å². The molecule has 0 aromatic heterocycles. The third-order valence-electron chi connectivity index (χ3n) is 5.79. The summed E-state index contributed by atoms with van der Waals surface area (Å²) in [6.45, 7) is 6.81. The molecule has 2 saturated heterocycles. The number of hydrogen-bond acceptors (Lipinski definition) is 4. The van der Waals surface area contributed by atoms with Crippen LogP contribution in [0.5, 0.6) is 0 Å². The first kappa shape index (κ1) is 17.3. The molecule has 0 bridgehead atoms. The fourth-order valence-corrected chi connectivity index (χ4v) is 3.78. The van der Waals surface area contributed by atoms with E-state index in [0.717, 1.165) is 76.5 Å². The highest BCUT2D eigenvalue weighted by Gasteiger charge is 2.34. The number of hydrogen-bond donors (Lipinski definition) is 0. The first-order valence-corrected chi connectivity index (χ1v) is 9.73. The highest BCUT2D eigenvalue weighted by Crippen LogP contribution is 2.31. The first-order valence-electron chi connectivity index (χ1n) is 9.73. The zero-order chi connectivity index (χ0) is 18.1. The Balaban J connectivity index is 1.33. The molecule has 6 nitrogen and oxygen atoms in total. The SMILES string of the molecule is CN1CCN(C(=O)c2ccc(N3CCN(C(=O)C4CC4)CC3)cc2)CC1. The number of rotatable bonds is 3. The molecule has 2 aliphatic heterocycles. The maximum Gasteiger partial charge on any atom is 0.253 e. The lowest BCUT2D eigenvalue weighted by atomic mass is 10.1. The van der Waals surface area contributed by atoms with E-state index < -0.39 is 0 Å². The number of amides is 2. The van der Waals surface area contributed by atoms with E-state index >= 15 is 0 Å². The average Bonchev–Trinajstić information content (AvgIpc) is 3.53. The lowest BCUT2D eigenvalue weighted by Gasteiger charge is -2.36. The second-order valence-corrected chi connectivity index (χ2v) is 7.73. The third kappa shape index (κ3) is 3.70. The molecule has 3 fully saturated rings. The Kier molecular flexibility index (Phi) is 4.85. The van der Waals surface area contributed by atoms with Crippen LogP contribution in [0.1, 0.15) is 23.2 Å². The fourth-order valence-electron chi connectivity index (χ4n) is 3.78. The van der Waals surface area contributed by atoms with Crippen LogP contribution in [0.4, 0.5) is 5.69 Å². The Morgan fingerprint density at radius 2 is 1.38 bits per heavy atom. The Bertz CT molecular complexity index is 655. The van der Waals surface area contributed by atoms with Crippen LogP contribution in [0.25, 0.3) is 0 Å². The molecule has 1 aliphatic carbocycles. The Morgan fingerprint density at radius 3 is 1.96 bits per heavy atom. The van der Waals surface area contributed by atoms with Crippen molar-refractivity contribution in [2.24, 2.45) is 5.92 Å². The average molecular weight is 356 g/mol. The van der Waals surface area contributed by atoms with Crippen molar-refractivity contribution < 1.29 is 9.59 Å². The monoisotopic (exact) mass is 356 g/mol. The van der Waals surface area contributed by atoms with Crippen LogP contribution in [-0.2, 0) is 4.79 Å². The number of likely N-dealkylation sites (N-methyl/N-ethyl adjacent to an activating group) is 1. The molecule has 0 unspecified atom stereocenters. The van der Waals surface area contributed by atoms with Gasteiger partial charge in [-0.2, -0.15) is 0 Å². The zero-order valence-corrected chi connectivity index (χ0v) is 15.6. The summed E-state index contributed by atoms with van der Waals surface area (Å²) in [6, 6.07) is 7.97. The van der Waals surface area contributed by atoms with Gasteiger partial charge < -0.3 is 19.6 Å². The Morgan fingerprint density at radius 1 is 0.808 bits per heavy atom. The Hall–Kier alpha value is -2.08. The second kappa shape index (κ2) is 7.27. The molecule has 1 aromatic rings. The van der Waals surface area contributed by atoms with Crippen LogP contribution >= 0.6 is 0 Å². The highest BCUT2D eigenvalue weighted by molar-refractivity contribution is 5.94. The summed E-state index contributed by atoms with van der Waals surface area (Å²) in [6.07, 6.45) is 2.14. The van der Waals surface area contributed by atoms with Crippen molar-refractivity contribution in [3.63, 3.8) is 0 Å². The van der Waals surface area contributed by atoms with Crippen LogP contribution in [-0.4, -0.2) is 85.9 Å². The number of carbonyl (C=O) groups excluding carboxylic acids is 2. The van der Waals surface area contributed by atoms with E-state index in [-0.39, 0.29) is 5.91 Å². The summed E-state index contributed by atoms with van der Waals surface area (Å²) in [5.41, 5.74) is 1.90.